The number of rotatable bonds is 11. The molecule has 6 rings (SSSR count). The maximum atomic E-state index is 6.27. The van der Waals surface area contributed by atoms with Gasteiger partial charge in [0, 0.05) is 21.1 Å². The first kappa shape index (κ1) is 32.5. The summed E-state index contributed by atoms with van der Waals surface area (Å²) < 4.78 is 18.7. The van der Waals surface area contributed by atoms with Crippen LogP contribution < -0.4 is 14.2 Å². The number of benzene rings is 5. The van der Waals surface area contributed by atoms with Gasteiger partial charge in [0.1, 0.15) is 34.5 Å². The van der Waals surface area contributed by atoms with Gasteiger partial charge in [0.05, 0.1) is 11.1 Å². The van der Waals surface area contributed by atoms with Crippen molar-refractivity contribution in [1.82, 2.24) is 15.0 Å². The average molecular weight is 691 g/mol. The summed E-state index contributed by atoms with van der Waals surface area (Å²) in [6.45, 7) is 3.79. The predicted molar refractivity (Wildman–Crippen MR) is 193 cm³/mol. The highest BCUT2D eigenvalue weighted by molar-refractivity contribution is 6.31. The van der Waals surface area contributed by atoms with Crippen LogP contribution in [0, 0.1) is 0 Å². The zero-order valence-corrected chi connectivity index (χ0v) is 27.5. The van der Waals surface area contributed by atoms with Crippen LogP contribution in [0.4, 0.5) is 0 Å². The number of hydrogen-bond acceptors (Lipinski definition) is 6. The molecule has 48 heavy (non-hydrogen) atoms. The van der Waals surface area contributed by atoms with Gasteiger partial charge in [-0.25, -0.2) is 15.0 Å². The Morgan fingerprint density at radius 2 is 1.04 bits per heavy atom. The smallest absolute Gasteiger partial charge is 0.167 e. The van der Waals surface area contributed by atoms with Crippen molar-refractivity contribution in [3.8, 4) is 51.5 Å². The molecular weight excluding hydrogens is 665 g/mol. The third kappa shape index (κ3) is 8.49. The molecule has 0 N–H and O–H groups in total. The van der Waals surface area contributed by atoms with Crippen LogP contribution in [0.1, 0.15) is 5.82 Å². The number of hydrogen-bond donors (Lipinski definition) is 0. The molecule has 0 saturated heterocycles. The lowest BCUT2D eigenvalue weighted by atomic mass is 10.1. The van der Waals surface area contributed by atoms with E-state index in [1.165, 1.54) is 0 Å². The highest BCUT2D eigenvalue weighted by Gasteiger charge is 2.18. The van der Waals surface area contributed by atoms with Gasteiger partial charge >= 0.3 is 0 Å². The van der Waals surface area contributed by atoms with Crippen LogP contribution in [-0.4, -0.2) is 15.0 Å². The zero-order chi connectivity index (χ0) is 33.3. The molecule has 0 unspecified atom stereocenters. The molecule has 0 fully saturated rings. The molecule has 0 spiro atoms. The highest BCUT2D eigenvalue weighted by atomic mass is 35.5. The second-order valence-electron chi connectivity index (χ2n) is 10.2. The van der Waals surface area contributed by atoms with Gasteiger partial charge in [0.2, 0.25) is 0 Å². The fourth-order valence-corrected chi connectivity index (χ4v) is 5.10. The summed E-state index contributed by atoms with van der Waals surface area (Å²) in [5.41, 5.74) is 1.26. The Morgan fingerprint density at radius 1 is 0.562 bits per heavy atom. The van der Waals surface area contributed by atoms with Crippen molar-refractivity contribution in [2.75, 3.05) is 0 Å². The Bertz CT molecular complexity index is 2040. The molecule has 0 radical (unpaired) electrons. The Labute approximate surface area is 293 Å². The number of para-hydroxylation sites is 2. The van der Waals surface area contributed by atoms with Gasteiger partial charge < -0.3 is 14.2 Å². The molecule has 9 heteroatoms. The van der Waals surface area contributed by atoms with E-state index in [-0.39, 0.29) is 0 Å². The number of aromatic nitrogens is 3. The molecule has 0 bridgehead atoms. The molecule has 0 aliphatic carbocycles. The van der Waals surface area contributed by atoms with E-state index in [2.05, 4.69) is 6.58 Å². The van der Waals surface area contributed by atoms with Crippen molar-refractivity contribution in [2.45, 2.75) is 0 Å². The maximum absolute atomic E-state index is 6.27. The van der Waals surface area contributed by atoms with E-state index in [1.54, 1.807) is 72.8 Å². The van der Waals surface area contributed by atoms with Gasteiger partial charge in [-0.3, -0.25) is 0 Å². The topological polar surface area (TPSA) is 66.4 Å². The van der Waals surface area contributed by atoms with Crippen molar-refractivity contribution in [3.63, 3.8) is 0 Å². The molecule has 0 atom stereocenters. The molecule has 0 amide bonds. The fraction of sp³-hybridized carbons (Fsp3) is 0. The minimum absolute atomic E-state index is 0.316. The van der Waals surface area contributed by atoms with E-state index in [9.17, 15) is 0 Å². The zero-order valence-electron chi connectivity index (χ0n) is 25.3. The van der Waals surface area contributed by atoms with E-state index >= 15 is 0 Å². The lowest BCUT2D eigenvalue weighted by molar-refractivity contribution is 0.449. The highest BCUT2D eigenvalue weighted by Crippen LogP contribution is 2.36. The lowest BCUT2D eigenvalue weighted by Crippen LogP contribution is -2.03. The Balaban J connectivity index is 1.50. The van der Waals surface area contributed by atoms with Gasteiger partial charge in [0.25, 0.3) is 0 Å². The van der Waals surface area contributed by atoms with Crippen LogP contribution in [0.25, 0.3) is 28.9 Å². The summed E-state index contributed by atoms with van der Waals surface area (Å²) in [6.07, 6.45) is 6.86. The molecule has 0 saturated carbocycles. The Kier molecular flexibility index (Phi) is 10.5. The second-order valence-corrected chi connectivity index (χ2v) is 11.5. The van der Waals surface area contributed by atoms with Crippen molar-refractivity contribution in [1.29, 1.82) is 0 Å². The number of allylic oxidation sites excluding steroid dienone is 3. The molecule has 5 aromatic carbocycles. The number of ether oxygens (including phenoxy) is 3. The lowest BCUT2D eigenvalue weighted by Gasteiger charge is -2.14. The molecular formula is C39H26Cl3N3O3. The summed E-state index contributed by atoms with van der Waals surface area (Å²) in [5, 5.41) is 1.64. The first-order valence-electron chi connectivity index (χ1n) is 14.7. The minimum atomic E-state index is 0.316. The van der Waals surface area contributed by atoms with E-state index in [0.29, 0.717) is 78.2 Å². The number of halogens is 3. The average Bonchev–Trinajstić information content (AvgIpc) is 3.08. The summed E-state index contributed by atoms with van der Waals surface area (Å²) in [4.78, 5) is 14.6. The van der Waals surface area contributed by atoms with E-state index in [0.717, 1.165) is 0 Å². The fourth-order valence-electron chi connectivity index (χ4n) is 4.56. The van der Waals surface area contributed by atoms with Crippen LogP contribution in [0.2, 0.25) is 15.1 Å². The van der Waals surface area contributed by atoms with Crippen LogP contribution in [0.5, 0.6) is 28.7 Å². The van der Waals surface area contributed by atoms with Crippen LogP contribution in [0.3, 0.4) is 0 Å². The first-order chi connectivity index (χ1) is 23.4. The van der Waals surface area contributed by atoms with Crippen molar-refractivity contribution in [3.05, 3.63) is 173 Å². The maximum Gasteiger partial charge on any atom is 0.167 e. The number of nitrogens with zero attached hydrogens (tertiary/aromatic N) is 3. The van der Waals surface area contributed by atoms with E-state index < -0.39 is 0 Å². The Hall–Kier alpha value is -5.40. The summed E-state index contributed by atoms with van der Waals surface area (Å²) >= 11 is 18.7. The van der Waals surface area contributed by atoms with Crippen molar-refractivity contribution in [2.24, 2.45) is 0 Å². The second kappa shape index (κ2) is 15.5. The third-order valence-corrected chi connectivity index (χ3v) is 7.36. The van der Waals surface area contributed by atoms with E-state index in [4.69, 9.17) is 64.0 Å². The summed E-state index contributed by atoms with van der Waals surface area (Å²) in [7, 11) is 0. The molecule has 6 aromatic rings. The van der Waals surface area contributed by atoms with Gasteiger partial charge in [-0.15, -0.1) is 0 Å². The van der Waals surface area contributed by atoms with Crippen molar-refractivity contribution >= 4 is 40.9 Å². The third-order valence-electron chi connectivity index (χ3n) is 6.66. The van der Waals surface area contributed by atoms with Gasteiger partial charge in [-0.05, 0) is 84.9 Å². The SMILES string of the molecule is C=C/C=C\C(=C\c1nc(-c2ccccc2Oc2cccc(Cl)c2)nc(-c2ccccc2Oc2cccc(Cl)c2)n1)Oc1cccc(Cl)c1. The molecule has 236 valence electrons. The standard InChI is InChI=1S/C39H26Cl3N3O3/c1-2-3-14-32(46-29-15-8-11-26(40)22-29)25-37-43-38(33-18-4-6-20-35(33)47-30-16-9-12-27(41)23-30)45-39(44-37)34-19-5-7-21-36(34)48-31-17-10-13-28(42)24-31/h2-25H,1H2/b14-3-,32-25-. The van der Waals surface area contributed by atoms with Crippen LogP contribution in [-0.2, 0) is 0 Å². The molecule has 1 heterocycles. The largest absolute Gasteiger partial charge is 0.457 e. The Morgan fingerprint density at radius 3 is 1.54 bits per heavy atom. The van der Waals surface area contributed by atoms with Gasteiger partial charge in [0.15, 0.2) is 17.5 Å². The molecule has 0 aliphatic rings. The molecule has 0 aliphatic heterocycles. The summed E-state index contributed by atoms with van der Waals surface area (Å²) in [5.74, 6) is 4.19. The first-order valence-corrected chi connectivity index (χ1v) is 15.8. The predicted octanol–water partition coefficient (Wildman–Crippen LogP) is 11.9. The molecule has 6 nitrogen and oxygen atoms in total. The summed E-state index contributed by atoms with van der Waals surface area (Å²) in [6, 6.07) is 36.4. The van der Waals surface area contributed by atoms with Gasteiger partial charge in [-0.1, -0.05) is 96.0 Å². The van der Waals surface area contributed by atoms with Crippen LogP contribution in [0.15, 0.2) is 152 Å². The van der Waals surface area contributed by atoms with Crippen LogP contribution >= 0.6 is 34.8 Å². The van der Waals surface area contributed by atoms with Crippen molar-refractivity contribution < 1.29 is 14.2 Å². The van der Waals surface area contributed by atoms with Gasteiger partial charge in [-0.2, -0.15) is 0 Å². The van der Waals surface area contributed by atoms with E-state index in [1.807, 2.05) is 72.8 Å². The normalized spacial score (nSPS) is 11.4. The molecule has 1 aromatic heterocycles. The quantitative estimate of drug-likeness (QED) is 0.0996. The monoisotopic (exact) mass is 689 g/mol. The minimum Gasteiger partial charge on any atom is -0.457 e.